The summed E-state index contributed by atoms with van der Waals surface area (Å²) in [6, 6.07) is 11.7. The first kappa shape index (κ1) is 17.7. The normalized spacial score (nSPS) is 13.1. The quantitative estimate of drug-likeness (QED) is 0.745. The topological polar surface area (TPSA) is 95.5 Å². The van der Waals surface area contributed by atoms with Crippen molar-refractivity contribution in [3.05, 3.63) is 64.7 Å². The van der Waals surface area contributed by atoms with E-state index in [2.05, 4.69) is 10.6 Å². The number of amides is 2. The van der Waals surface area contributed by atoms with E-state index in [1.54, 1.807) is 30.3 Å². The molecule has 3 rings (SSSR count). The van der Waals surface area contributed by atoms with Gasteiger partial charge in [0.1, 0.15) is 0 Å². The van der Waals surface area contributed by atoms with Crippen LogP contribution in [-0.4, -0.2) is 28.9 Å². The van der Waals surface area contributed by atoms with Gasteiger partial charge in [-0.3, -0.25) is 9.59 Å². The van der Waals surface area contributed by atoms with E-state index in [0.29, 0.717) is 16.8 Å². The van der Waals surface area contributed by atoms with Gasteiger partial charge in [-0.1, -0.05) is 18.2 Å². The number of nitrogens with one attached hydrogen (secondary N) is 2. The molecular weight excluding hydrogens is 332 g/mol. The van der Waals surface area contributed by atoms with E-state index < -0.39 is 5.97 Å². The summed E-state index contributed by atoms with van der Waals surface area (Å²) in [6.07, 6.45) is 2.08. The van der Waals surface area contributed by atoms with E-state index in [9.17, 15) is 14.4 Å². The lowest BCUT2D eigenvalue weighted by Gasteiger charge is -2.11. The van der Waals surface area contributed by atoms with Crippen LogP contribution in [0.4, 0.5) is 5.69 Å². The summed E-state index contributed by atoms with van der Waals surface area (Å²) < 4.78 is 0. The highest BCUT2D eigenvalue weighted by molar-refractivity contribution is 5.98. The molecule has 2 amide bonds. The summed E-state index contributed by atoms with van der Waals surface area (Å²) in [5.74, 6) is -1.44. The molecule has 1 aliphatic rings. The molecule has 0 heterocycles. The molecule has 0 bridgehead atoms. The van der Waals surface area contributed by atoms with E-state index >= 15 is 0 Å². The molecule has 3 N–H and O–H groups in total. The average Bonchev–Trinajstić information content (AvgIpc) is 3.41. The highest BCUT2D eigenvalue weighted by atomic mass is 16.4. The lowest BCUT2D eigenvalue weighted by molar-refractivity contribution is -0.115. The summed E-state index contributed by atoms with van der Waals surface area (Å²) in [5, 5.41) is 14.8. The second-order valence-electron chi connectivity index (χ2n) is 6.51. The van der Waals surface area contributed by atoms with Gasteiger partial charge in [0, 0.05) is 17.3 Å². The van der Waals surface area contributed by atoms with E-state index in [0.717, 1.165) is 18.4 Å². The minimum Gasteiger partial charge on any atom is -0.478 e. The zero-order chi connectivity index (χ0) is 18.7. The van der Waals surface area contributed by atoms with Crippen LogP contribution in [0.15, 0.2) is 42.5 Å². The molecular formula is C20H20N2O4. The first-order chi connectivity index (χ1) is 12.4. The molecule has 1 fully saturated rings. The van der Waals surface area contributed by atoms with Crippen molar-refractivity contribution in [1.82, 2.24) is 5.32 Å². The molecule has 134 valence electrons. The molecule has 0 radical (unpaired) electrons. The number of benzene rings is 2. The van der Waals surface area contributed by atoms with E-state index in [1.807, 2.05) is 6.92 Å². The minimum atomic E-state index is -1.03. The van der Waals surface area contributed by atoms with Crippen molar-refractivity contribution < 1.29 is 19.5 Å². The number of carbonyl (C=O) groups excluding carboxylic acids is 2. The number of carboxylic acids is 1. The van der Waals surface area contributed by atoms with Crippen molar-refractivity contribution in [2.45, 2.75) is 32.2 Å². The van der Waals surface area contributed by atoms with E-state index in [1.165, 1.54) is 12.1 Å². The lowest BCUT2D eigenvalue weighted by atomic mass is 10.1. The maximum absolute atomic E-state index is 12.3. The van der Waals surface area contributed by atoms with Crippen molar-refractivity contribution in [3.63, 3.8) is 0 Å². The van der Waals surface area contributed by atoms with E-state index in [4.69, 9.17) is 5.11 Å². The van der Waals surface area contributed by atoms with E-state index in [-0.39, 0.29) is 29.8 Å². The van der Waals surface area contributed by atoms with Crippen LogP contribution in [0.1, 0.15) is 44.7 Å². The van der Waals surface area contributed by atoms with Crippen molar-refractivity contribution in [3.8, 4) is 0 Å². The SMILES string of the molecule is Cc1ccc(C(=O)NC2CC2)cc1NC(=O)Cc1cccc(C(=O)O)c1. The van der Waals surface area contributed by atoms with Crippen LogP contribution in [0.5, 0.6) is 0 Å². The fraction of sp³-hybridized carbons (Fsp3) is 0.250. The molecule has 0 atom stereocenters. The molecule has 1 aliphatic carbocycles. The summed E-state index contributed by atoms with van der Waals surface area (Å²) in [5.41, 5.74) is 2.69. The van der Waals surface area contributed by atoms with Crippen molar-refractivity contribution in [2.24, 2.45) is 0 Å². The highest BCUT2D eigenvalue weighted by Gasteiger charge is 2.24. The molecule has 0 unspecified atom stereocenters. The first-order valence-electron chi connectivity index (χ1n) is 8.46. The Hall–Kier alpha value is -3.15. The lowest BCUT2D eigenvalue weighted by Crippen LogP contribution is -2.25. The Kier molecular flexibility index (Phi) is 5.02. The minimum absolute atomic E-state index is 0.0546. The molecule has 0 saturated heterocycles. The predicted molar refractivity (Wildman–Crippen MR) is 97.4 cm³/mol. The number of rotatable bonds is 6. The number of aromatic carboxylic acids is 1. The van der Waals surface area contributed by atoms with Crippen LogP contribution in [0.25, 0.3) is 0 Å². The molecule has 2 aromatic carbocycles. The molecule has 2 aromatic rings. The average molecular weight is 352 g/mol. The Bertz CT molecular complexity index is 872. The largest absolute Gasteiger partial charge is 0.478 e. The second kappa shape index (κ2) is 7.39. The van der Waals surface area contributed by atoms with Crippen molar-refractivity contribution in [1.29, 1.82) is 0 Å². The summed E-state index contributed by atoms with van der Waals surface area (Å²) in [7, 11) is 0. The van der Waals surface area contributed by atoms with Gasteiger partial charge in [-0.25, -0.2) is 4.79 Å². The number of hydrogen-bond donors (Lipinski definition) is 3. The van der Waals surface area contributed by atoms with Gasteiger partial charge in [0.15, 0.2) is 0 Å². The second-order valence-corrected chi connectivity index (χ2v) is 6.51. The molecule has 0 aliphatic heterocycles. The van der Waals surface area contributed by atoms with Gasteiger partial charge >= 0.3 is 5.97 Å². The van der Waals surface area contributed by atoms with Crippen LogP contribution in [0, 0.1) is 6.92 Å². The van der Waals surface area contributed by atoms with Crippen molar-refractivity contribution in [2.75, 3.05) is 5.32 Å². The maximum atomic E-state index is 12.3. The number of aryl methyl sites for hydroxylation is 1. The molecule has 0 aromatic heterocycles. The number of hydrogen-bond acceptors (Lipinski definition) is 3. The third-order valence-corrected chi connectivity index (χ3v) is 4.23. The molecule has 0 spiro atoms. The molecule has 6 nitrogen and oxygen atoms in total. The van der Waals surface area contributed by atoms with Crippen LogP contribution < -0.4 is 10.6 Å². The Labute approximate surface area is 151 Å². The monoisotopic (exact) mass is 352 g/mol. The zero-order valence-corrected chi connectivity index (χ0v) is 14.4. The number of carboxylic acid groups (broad SMARTS) is 1. The Balaban J connectivity index is 1.69. The maximum Gasteiger partial charge on any atom is 0.335 e. The standard InChI is InChI=1S/C20H20N2O4/c1-12-5-6-14(19(24)21-16-7-8-16)11-17(12)22-18(23)10-13-3-2-4-15(9-13)20(25)26/h2-6,9,11,16H,7-8,10H2,1H3,(H,21,24)(H,22,23)(H,25,26). The molecule has 26 heavy (non-hydrogen) atoms. The molecule has 6 heteroatoms. The first-order valence-corrected chi connectivity index (χ1v) is 8.46. The molecule has 1 saturated carbocycles. The van der Waals surface area contributed by atoms with Gasteiger partial charge in [-0.15, -0.1) is 0 Å². The predicted octanol–water partition coefficient (Wildman–Crippen LogP) is 2.77. The van der Waals surface area contributed by atoms with Crippen LogP contribution in [0.2, 0.25) is 0 Å². The van der Waals surface area contributed by atoms with Gasteiger partial charge in [0.2, 0.25) is 5.91 Å². The summed E-state index contributed by atoms with van der Waals surface area (Å²) in [6.45, 7) is 1.85. The number of anilines is 1. The summed E-state index contributed by atoms with van der Waals surface area (Å²) in [4.78, 5) is 35.5. The van der Waals surface area contributed by atoms with Gasteiger partial charge in [0.25, 0.3) is 5.91 Å². The van der Waals surface area contributed by atoms with Crippen LogP contribution in [0.3, 0.4) is 0 Å². The Morgan fingerprint density at radius 3 is 2.54 bits per heavy atom. The highest BCUT2D eigenvalue weighted by Crippen LogP contribution is 2.21. The Morgan fingerprint density at radius 2 is 1.85 bits per heavy atom. The smallest absolute Gasteiger partial charge is 0.335 e. The zero-order valence-electron chi connectivity index (χ0n) is 14.4. The van der Waals surface area contributed by atoms with Gasteiger partial charge < -0.3 is 15.7 Å². The van der Waals surface area contributed by atoms with Crippen LogP contribution in [-0.2, 0) is 11.2 Å². The fourth-order valence-corrected chi connectivity index (χ4v) is 2.59. The van der Waals surface area contributed by atoms with Crippen LogP contribution >= 0.6 is 0 Å². The summed E-state index contributed by atoms with van der Waals surface area (Å²) >= 11 is 0. The third-order valence-electron chi connectivity index (χ3n) is 4.23. The van der Waals surface area contributed by atoms with Gasteiger partial charge in [0.05, 0.1) is 12.0 Å². The van der Waals surface area contributed by atoms with Gasteiger partial charge in [-0.05, 0) is 55.2 Å². The fourth-order valence-electron chi connectivity index (χ4n) is 2.59. The number of carbonyl (C=O) groups is 3. The third kappa shape index (κ3) is 4.47. The Morgan fingerprint density at radius 1 is 1.08 bits per heavy atom. The van der Waals surface area contributed by atoms with Gasteiger partial charge in [-0.2, -0.15) is 0 Å². The van der Waals surface area contributed by atoms with Crippen molar-refractivity contribution >= 4 is 23.5 Å².